The van der Waals surface area contributed by atoms with Crippen LogP contribution in [0.15, 0.2) is 45.3 Å². The van der Waals surface area contributed by atoms with Crippen molar-refractivity contribution in [3.63, 3.8) is 0 Å². The molecule has 0 saturated heterocycles. The lowest BCUT2D eigenvalue weighted by Gasteiger charge is -2.08. The molecule has 2 aromatic rings. The summed E-state index contributed by atoms with van der Waals surface area (Å²) in [5, 5.41) is 22.1. The van der Waals surface area contributed by atoms with Gasteiger partial charge in [-0.25, -0.2) is 0 Å². The molecule has 0 aromatic heterocycles. The van der Waals surface area contributed by atoms with E-state index in [1.807, 2.05) is 24.3 Å². The quantitative estimate of drug-likeness (QED) is 0.746. The zero-order chi connectivity index (χ0) is 13.8. The molecular weight excluding hydrogens is 374 g/mol. The Labute approximate surface area is 128 Å². The number of phenols is 2. The van der Waals surface area contributed by atoms with Crippen molar-refractivity contribution >= 4 is 31.9 Å². The van der Waals surface area contributed by atoms with Crippen molar-refractivity contribution in [2.75, 3.05) is 0 Å². The summed E-state index contributed by atoms with van der Waals surface area (Å²) in [7, 11) is 0. The average Bonchev–Trinajstić information content (AvgIpc) is 2.38. The summed E-state index contributed by atoms with van der Waals surface area (Å²) in [4.78, 5) is 0. The number of phenolic OH excluding ortho intramolecular Hbond substituents is 2. The van der Waals surface area contributed by atoms with Crippen molar-refractivity contribution in [2.45, 2.75) is 13.1 Å². The molecule has 2 rings (SSSR count). The van der Waals surface area contributed by atoms with Crippen LogP contribution in [0.4, 0.5) is 0 Å². The van der Waals surface area contributed by atoms with Gasteiger partial charge in [0.15, 0.2) is 0 Å². The Balaban J connectivity index is 1.94. The lowest BCUT2D eigenvalue weighted by atomic mass is 10.2. The third-order valence-electron chi connectivity index (χ3n) is 2.67. The Morgan fingerprint density at radius 2 is 1.37 bits per heavy atom. The van der Waals surface area contributed by atoms with E-state index in [0.29, 0.717) is 15.5 Å². The molecule has 0 fully saturated rings. The Bertz CT molecular complexity index is 547. The highest BCUT2D eigenvalue weighted by Gasteiger charge is 2.05. The molecule has 0 amide bonds. The van der Waals surface area contributed by atoms with E-state index in [-0.39, 0.29) is 11.5 Å². The predicted molar refractivity (Wildman–Crippen MR) is 82.2 cm³/mol. The first kappa shape index (κ1) is 14.4. The van der Waals surface area contributed by atoms with Crippen molar-refractivity contribution in [2.24, 2.45) is 0 Å². The van der Waals surface area contributed by atoms with Crippen molar-refractivity contribution in [3.05, 3.63) is 56.5 Å². The maximum Gasteiger partial charge on any atom is 0.143 e. The summed E-state index contributed by atoms with van der Waals surface area (Å²) in [5.74, 6) is 0.484. The van der Waals surface area contributed by atoms with Crippen LogP contribution in [0.3, 0.4) is 0 Å². The topological polar surface area (TPSA) is 52.5 Å². The van der Waals surface area contributed by atoms with Gasteiger partial charge in [0.1, 0.15) is 11.5 Å². The summed E-state index contributed by atoms with van der Waals surface area (Å²) in [6, 6.07) is 10.9. The van der Waals surface area contributed by atoms with Gasteiger partial charge in [0.2, 0.25) is 0 Å². The van der Waals surface area contributed by atoms with E-state index in [1.54, 1.807) is 12.1 Å². The Morgan fingerprint density at radius 1 is 0.842 bits per heavy atom. The van der Waals surface area contributed by atoms with Crippen molar-refractivity contribution in [1.82, 2.24) is 5.32 Å². The summed E-state index contributed by atoms with van der Waals surface area (Å²) in [6.07, 6.45) is 0. The van der Waals surface area contributed by atoms with Gasteiger partial charge in [-0.2, -0.15) is 0 Å². The molecule has 3 nitrogen and oxygen atoms in total. The van der Waals surface area contributed by atoms with Gasteiger partial charge in [-0.1, -0.05) is 12.1 Å². The Hall–Kier alpha value is -1.04. The van der Waals surface area contributed by atoms with Crippen LogP contribution in [0.25, 0.3) is 0 Å². The van der Waals surface area contributed by atoms with Gasteiger partial charge in [0, 0.05) is 13.1 Å². The van der Waals surface area contributed by atoms with E-state index < -0.39 is 0 Å². The van der Waals surface area contributed by atoms with Crippen molar-refractivity contribution < 1.29 is 10.2 Å². The molecule has 0 aliphatic carbocycles. The Kier molecular flexibility index (Phi) is 4.85. The first-order valence-corrected chi connectivity index (χ1v) is 7.30. The fourth-order valence-corrected chi connectivity index (χ4v) is 2.97. The lowest BCUT2D eigenvalue weighted by Crippen LogP contribution is -2.12. The van der Waals surface area contributed by atoms with E-state index >= 15 is 0 Å². The second kappa shape index (κ2) is 6.41. The standard InChI is InChI=1S/C14H13Br2NO2/c15-12-5-10(6-13(16)14(12)19)8-17-7-9-1-3-11(18)4-2-9/h1-6,17-19H,7-8H2. The SMILES string of the molecule is Oc1ccc(CNCc2cc(Br)c(O)c(Br)c2)cc1. The molecule has 100 valence electrons. The summed E-state index contributed by atoms with van der Waals surface area (Å²) in [6.45, 7) is 1.41. The lowest BCUT2D eigenvalue weighted by molar-refractivity contribution is 0.468. The number of aromatic hydroxyl groups is 2. The zero-order valence-electron chi connectivity index (χ0n) is 10.0. The second-order valence-corrected chi connectivity index (χ2v) is 5.89. The highest BCUT2D eigenvalue weighted by atomic mass is 79.9. The van der Waals surface area contributed by atoms with Gasteiger partial charge in [-0.05, 0) is 67.3 Å². The van der Waals surface area contributed by atoms with Gasteiger partial charge in [-0.15, -0.1) is 0 Å². The molecule has 0 aliphatic heterocycles. The molecule has 0 bridgehead atoms. The van der Waals surface area contributed by atoms with Crippen molar-refractivity contribution in [3.8, 4) is 11.5 Å². The molecule has 0 atom stereocenters. The molecule has 0 saturated carbocycles. The average molecular weight is 387 g/mol. The second-order valence-electron chi connectivity index (χ2n) is 4.18. The maximum atomic E-state index is 9.62. The number of halogens is 2. The number of hydrogen-bond acceptors (Lipinski definition) is 3. The molecule has 3 N–H and O–H groups in total. The van der Waals surface area contributed by atoms with Crippen LogP contribution in [0.5, 0.6) is 11.5 Å². The van der Waals surface area contributed by atoms with E-state index in [0.717, 1.165) is 17.7 Å². The van der Waals surface area contributed by atoms with E-state index in [4.69, 9.17) is 0 Å². The highest BCUT2D eigenvalue weighted by molar-refractivity contribution is 9.11. The molecule has 0 unspecified atom stereocenters. The summed E-state index contributed by atoms with van der Waals surface area (Å²) < 4.78 is 1.34. The molecular formula is C14H13Br2NO2. The number of rotatable bonds is 4. The molecule has 2 aromatic carbocycles. The highest BCUT2D eigenvalue weighted by Crippen LogP contribution is 2.33. The normalized spacial score (nSPS) is 10.6. The number of nitrogens with one attached hydrogen (secondary N) is 1. The fourth-order valence-electron chi connectivity index (χ4n) is 1.69. The smallest absolute Gasteiger partial charge is 0.143 e. The van der Waals surface area contributed by atoms with Crippen LogP contribution >= 0.6 is 31.9 Å². The fraction of sp³-hybridized carbons (Fsp3) is 0.143. The van der Waals surface area contributed by atoms with Crippen LogP contribution in [0, 0.1) is 0 Å². The number of benzene rings is 2. The zero-order valence-corrected chi connectivity index (χ0v) is 13.2. The molecule has 0 radical (unpaired) electrons. The van der Waals surface area contributed by atoms with Crippen LogP contribution in [0.1, 0.15) is 11.1 Å². The minimum absolute atomic E-state index is 0.210. The molecule has 0 aliphatic rings. The number of hydrogen-bond donors (Lipinski definition) is 3. The van der Waals surface area contributed by atoms with Crippen molar-refractivity contribution in [1.29, 1.82) is 0 Å². The minimum Gasteiger partial charge on any atom is -0.508 e. The molecule has 0 heterocycles. The van der Waals surface area contributed by atoms with Crippen LogP contribution in [-0.4, -0.2) is 10.2 Å². The van der Waals surface area contributed by atoms with Gasteiger partial charge in [0.25, 0.3) is 0 Å². The summed E-state index contributed by atoms with van der Waals surface area (Å²) in [5.41, 5.74) is 2.17. The van der Waals surface area contributed by atoms with Gasteiger partial charge in [0.05, 0.1) is 8.95 Å². The first-order chi connectivity index (χ1) is 9.06. The van der Waals surface area contributed by atoms with Gasteiger partial charge < -0.3 is 15.5 Å². The van der Waals surface area contributed by atoms with E-state index in [9.17, 15) is 10.2 Å². The minimum atomic E-state index is 0.210. The third kappa shape index (κ3) is 3.96. The van der Waals surface area contributed by atoms with E-state index in [1.165, 1.54) is 0 Å². The van der Waals surface area contributed by atoms with Crippen LogP contribution in [-0.2, 0) is 13.1 Å². The van der Waals surface area contributed by atoms with E-state index in [2.05, 4.69) is 37.2 Å². The predicted octanol–water partition coefficient (Wildman–Crippen LogP) is 3.91. The maximum absolute atomic E-state index is 9.62. The van der Waals surface area contributed by atoms with Gasteiger partial charge >= 0.3 is 0 Å². The molecule has 5 heteroatoms. The van der Waals surface area contributed by atoms with Crippen LogP contribution < -0.4 is 5.32 Å². The summed E-state index contributed by atoms with van der Waals surface area (Å²) >= 11 is 6.61. The van der Waals surface area contributed by atoms with Crippen LogP contribution in [0.2, 0.25) is 0 Å². The molecule has 19 heavy (non-hydrogen) atoms. The monoisotopic (exact) mass is 385 g/mol. The largest absolute Gasteiger partial charge is 0.508 e. The molecule has 0 spiro atoms. The van der Waals surface area contributed by atoms with Gasteiger partial charge in [-0.3, -0.25) is 0 Å². The Morgan fingerprint density at radius 3 is 1.95 bits per heavy atom. The third-order valence-corrected chi connectivity index (χ3v) is 3.88. The first-order valence-electron chi connectivity index (χ1n) is 5.72.